The average molecular weight is 507 g/mol. The first-order valence-electron chi connectivity index (χ1n) is 10.9. The van der Waals surface area contributed by atoms with Gasteiger partial charge in [0.25, 0.3) is 10.0 Å². The molecule has 3 aromatic rings. The summed E-state index contributed by atoms with van der Waals surface area (Å²) < 4.78 is 66.7. The fourth-order valence-electron chi connectivity index (χ4n) is 4.13. The first-order chi connectivity index (χ1) is 16.7. The minimum atomic E-state index is -3.54. The summed E-state index contributed by atoms with van der Waals surface area (Å²) >= 11 is 0. The maximum absolute atomic E-state index is 14.5. The molecule has 1 fully saturated rings. The number of amides is 2. The van der Waals surface area contributed by atoms with E-state index in [0.717, 1.165) is 12.1 Å². The zero-order chi connectivity index (χ0) is 25.2. The lowest BCUT2D eigenvalue weighted by Gasteiger charge is -2.23. The van der Waals surface area contributed by atoms with E-state index in [1.807, 2.05) is 0 Å². The fourth-order valence-corrected chi connectivity index (χ4v) is 4.63. The minimum absolute atomic E-state index is 0.00472. The monoisotopic (exact) mass is 506 g/mol. The molecule has 2 atom stereocenters. The van der Waals surface area contributed by atoms with Crippen LogP contribution in [0.15, 0.2) is 45.3 Å². The number of rotatable bonds is 7. The Bertz CT molecular complexity index is 1360. The lowest BCUT2D eigenvalue weighted by Crippen LogP contribution is -2.41. The van der Waals surface area contributed by atoms with E-state index >= 15 is 0 Å². The molecular weight excluding hydrogens is 482 g/mol. The number of methoxy groups -OCH3 is 1. The Morgan fingerprint density at radius 3 is 2.69 bits per heavy atom. The van der Waals surface area contributed by atoms with Crippen molar-refractivity contribution in [2.24, 2.45) is 10.3 Å². The van der Waals surface area contributed by atoms with Gasteiger partial charge in [0.1, 0.15) is 11.6 Å². The molecule has 9 nitrogen and oxygen atoms in total. The average Bonchev–Trinajstić information content (AvgIpc) is 3.43. The van der Waals surface area contributed by atoms with Crippen LogP contribution in [0, 0.1) is 17.6 Å². The Balaban J connectivity index is 1.63. The molecule has 2 heterocycles. The summed E-state index contributed by atoms with van der Waals surface area (Å²) in [5.41, 5.74) is 0.160. The Morgan fingerprint density at radius 1 is 1.29 bits per heavy atom. The van der Waals surface area contributed by atoms with Crippen molar-refractivity contribution in [1.29, 1.82) is 0 Å². The van der Waals surface area contributed by atoms with Gasteiger partial charge in [-0.3, -0.25) is 5.32 Å². The van der Waals surface area contributed by atoms with Crippen molar-refractivity contribution in [2.45, 2.75) is 19.4 Å². The molecule has 186 valence electrons. The number of urea groups is 1. The molecule has 1 unspecified atom stereocenters. The van der Waals surface area contributed by atoms with Crippen LogP contribution >= 0.6 is 0 Å². The van der Waals surface area contributed by atoms with Crippen LogP contribution in [-0.4, -0.2) is 62.8 Å². The second kappa shape index (κ2) is 10.1. The number of nitrogens with zero attached hydrogens (tertiary/aromatic N) is 3. The standard InChI is InChI=1S/C23H24F2N4O5S/c1-3-35(31,32)26-11-14-10-15(13-33-2)29(12-14)23(30)27-22-21-16(6-4-9-19(21)34-28-22)20-17(24)7-5-8-18(20)25/h4-9,11,14-15H,3,10,12-13H2,1-2H3,(H,27,28,30)/b26-11+/t14?,15-/m0/s1. The van der Waals surface area contributed by atoms with Crippen LogP contribution in [0.2, 0.25) is 0 Å². The van der Waals surface area contributed by atoms with Gasteiger partial charge in [0, 0.05) is 31.4 Å². The first kappa shape index (κ1) is 24.7. The molecule has 1 aromatic heterocycles. The van der Waals surface area contributed by atoms with E-state index in [9.17, 15) is 22.0 Å². The third kappa shape index (κ3) is 5.17. The number of aromatic nitrogens is 1. The van der Waals surface area contributed by atoms with Crippen molar-refractivity contribution in [2.75, 3.05) is 31.3 Å². The highest BCUT2D eigenvalue weighted by Crippen LogP contribution is 2.36. The summed E-state index contributed by atoms with van der Waals surface area (Å²) in [4.78, 5) is 14.7. The highest BCUT2D eigenvalue weighted by atomic mass is 32.2. The van der Waals surface area contributed by atoms with Crippen LogP contribution in [0.3, 0.4) is 0 Å². The molecule has 1 saturated heterocycles. The topological polar surface area (TPSA) is 114 Å². The number of benzene rings is 2. The van der Waals surface area contributed by atoms with Gasteiger partial charge in [0.15, 0.2) is 11.4 Å². The van der Waals surface area contributed by atoms with Crippen LogP contribution in [0.4, 0.5) is 19.4 Å². The lowest BCUT2D eigenvalue weighted by molar-refractivity contribution is 0.128. The van der Waals surface area contributed by atoms with E-state index in [0.29, 0.717) is 6.42 Å². The molecule has 2 aromatic carbocycles. The Morgan fingerprint density at radius 2 is 2.00 bits per heavy atom. The van der Waals surface area contributed by atoms with Gasteiger partial charge < -0.3 is 14.2 Å². The molecule has 0 spiro atoms. The molecule has 35 heavy (non-hydrogen) atoms. The number of carbonyl (C=O) groups is 1. The Labute approximate surface area is 200 Å². The van der Waals surface area contributed by atoms with Gasteiger partial charge in [-0.2, -0.15) is 4.40 Å². The Kier molecular flexibility index (Phi) is 7.13. The summed E-state index contributed by atoms with van der Waals surface area (Å²) in [6.45, 7) is 1.93. The van der Waals surface area contributed by atoms with E-state index in [1.165, 1.54) is 37.3 Å². The van der Waals surface area contributed by atoms with Gasteiger partial charge in [-0.25, -0.2) is 22.0 Å². The van der Waals surface area contributed by atoms with Crippen molar-refractivity contribution < 1.29 is 31.3 Å². The zero-order valence-electron chi connectivity index (χ0n) is 19.1. The van der Waals surface area contributed by atoms with Gasteiger partial charge in [0.05, 0.1) is 29.4 Å². The van der Waals surface area contributed by atoms with Crippen LogP contribution in [0.1, 0.15) is 13.3 Å². The second-order valence-corrected chi connectivity index (χ2v) is 10.1. The molecule has 1 aliphatic heterocycles. The van der Waals surface area contributed by atoms with Crippen LogP contribution in [0.25, 0.3) is 22.1 Å². The van der Waals surface area contributed by atoms with Crippen molar-refractivity contribution in [3.8, 4) is 11.1 Å². The molecule has 1 aliphatic rings. The maximum Gasteiger partial charge on any atom is 0.323 e. The number of halogens is 2. The minimum Gasteiger partial charge on any atom is -0.383 e. The predicted octanol–water partition coefficient (Wildman–Crippen LogP) is 4.06. The number of hydrogen-bond donors (Lipinski definition) is 1. The third-order valence-corrected chi connectivity index (χ3v) is 6.99. The van der Waals surface area contributed by atoms with Crippen molar-refractivity contribution in [3.63, 3.8) is 0 Å². The van der Waals surface area contributed by atoms with Gasteiger partial charge in [0.2, 0.25) is 0 Å². The zero-order valence-corrected chi connectivity index (χ0v) is 19.9. The third-order valence-electron chi connectivity index (χ3n) is 5.82. The summed E-state index contributed by atoms with van der Waals surface area (Å²) in [5.74, 6) is -1.93. The lowest BCUT2D eigenvalue weighted by atomic mass is 10.0. The number of carbonyl (C=O) groups excluding carboxylic acids is 1. The number of hydrogen-bond acceptors (Lipinski definition) is 6. The largest absolute Gasteiger partial charge is 0.383 e. The van der Waals surface area contributed by atoms with E-state index in [1.54, 1.807) is 12.1 Å². The smallest absolute Gasteiger partial charge is 0.323 e. The van der Waals surface area contributed by atoms with Crippen molar-refractivity contribution in [3.05, 3.63) is 48.0 Å². The van der Waals surface area contributed by atoms with E-state index in [-0.39, 0.29) is 58.8 Å². The predicted molar refractivity (Wildman–Crippen MR) is 127 cm³/mol. The number of ether oxygens (including phenoxy) is 1. The summed E-state index contributed by atoms with van der Waals surface area (Å²) in [5, 5.41) is 6.82. The van der Waals surface area contributed by atoms with Crippen molar-refractivity contribution in [1.82, 2.24) is 10.1 Å². The Hall–Kier alpha value is -3.38. The van der Waals surface area contributed by atoms with Gasteiger partial charge >= 0.3 is 6.03 Å². The molecule has 1 N–H and O–H groups in total. The number of anilines is 1. The quantitative estimate of drug-likeness (QED) is 0.484. The van der Waals surface area contributed by atoms with E-state index in [4.69, 9.17) is 9.26 Å². The summed E-state index contributed by atoms with van der Waals surface area (Å²) in [6, 6.07) is 7.32. The van der Waals surface area contributed by atoms with Crippen LogP contribution < -0.4 is 5.32 Å². The fraction of sp³-hybridized carbons (Fsp3) is 0.348. The normalized spacial score (nSPS) is 18.6. The molecule has 12 heteroatoms. The second-order valence-electron chi connectivity index (χ2n) is 8.12. The van der Waals surface area contributed by atoms with Crippen molar-refractivity contribution >= 4 is 39.1 Å². The molecule has 0 saturated carbocycles. The molecule has 0 radical (unpaired) electrons. The van der Waals surface area contributed by atoms with Crippen LogP contribution in [-0.2, 0) is 14.8 Å². The number of sulfonamides is 1. The number of likely N-dealkylation sites (tertiary alicyclic amines) is 1. The number of nitrogens with one attached hydrogen (secondary N) is 1. The molecule has 4 rings (SSSR count). The summed E-state index contributed by atoms with van der Waals surface area (Å²) in [7, 11) is -2.04. The van der Waals surface area contributed by atoms with Crippen LogP contribution in [0.5, 0.6) is 0 Å². The number of fused-ring (bicyclic) bond motifs is 1. The maximum atomic E-state index is 14.5. The molecular formula is C23H24F2N4O5S. The molecule has 0 aliphatic carbocycles. The van der Waals surface area contributed by atoms with Gasteiger partial charge in [-0.05, 0) is 31.5 Å². The van der Waals surface area contributed by atoms with Gasteiger partial charge in [-0.1, -0.05) is 23.4 Å². The first-order valence-corrected chi connectivity index (χ1v) is 12.5. The molecule has 0 bridgehead atoms. The molecule has 2 amide bonds. The highest BCUT2D eigenvalue weighted by molar-refractivity contribution is 7.90. The highest BCUT2D eigenvalue weighted by Gasteiger charge is 2.35. The van der Waals surface area contributed by atoms with Gasteiger partial charge in [-0.15, -0.1) is 0 Å². The SMILES string of the molecule is CCS(=O)(=O)/N=C/C1C[C@@H](COC)N(C(=O)Nc2noc3cccc(-c4c(F)cccc4F)c23)C1. The van der Waals surface area contributed by atoms with E-state index in [2.05, 4.69) is 14.9 Å². The summed E-state index contributed by atoms with van der Waals surface area (Å²) in [6.07, 6.45) is 1.80. The van der Waals surface area contributed by atoms with E-state index < -0.39 is 27.7 Å².